The van der Waals surface area contributed by atoms with Crippen molar-refractivity contribution in [2.24, 2.45) is 0 Å². The predicted molar refractivity (Wildman–Crippen MR) is 91.8 cm³/mol. The van der Waals surface area contributed by atoms with E-state index in [2.05, 4.69) is 0 Å². The zero-order chi connectivity index (χ0) is 18.6. The Labute approximate surface area is 152 Å². The SMILES string of the molecule is O=[N+]([O-])c1cc(S(=O)(=O)N2CCOCC2)ccc1OC[C@@H]1CCCCO1. The largest absolute Gasteiger partial charge is 0.484 e. The number of sulfonamides is 1. The number of benzene rings is 1. The third-order valence-electron chi connectivity index (χ3n) is 4.43. The fourth-order valence-electron chi connectivity index (χ4n) is 2.98. The van der Waals surface area contributed by atoms with Crippen molar-refractivity contribution in [1.82, 2.24) is 4.31 Å². The van der Waals surface area contributed by atoms with Crippen LogP contribution in [0.1, 0.15) is 19.3 Å². The van der Waals surface area contributed by atoms with Crippen molar-refractivity contribution in [1.29, 1.82) is 0 Å². The summed E-state index contributed by atoms with van der Waals surface area (Å²) in [6, 6.07) is 3.74. The van der Waals surface area contributed by atoms with Gasteiger partial charge in [-0.15, -0.1) is 0 Å². The minimum atomic E-state index is -3.80. The Kier molecular flexibility index (Phi) is 6.07. The number of hydrogen-bond acceptors (Lipinski definition) is 7. The van der Waals surface area contributed by atoms with Gasteiger partial charge in [-0.2, -0.15) is 4.31 Å². The van der Waals surface area contributed by atoms with Crippen molar-refractivity contribution < 1.29 is 27.6 Å². The second-order valence-corrected chi connectivity index (χ2v) is 8.14. The van der Waals surface area contributed by atoms with Gasteiger partial charge in [-0.05, 0) is 31.4 Å². The van der Waals surface area contributed by atoms with Crippen LogP contribution in [0.4, 0.5) is 5.69 Å². The first-order valence-electron chi connectivity index (χ1n) is 8.59. The normalized spacial score (nSPS) is 22.1. The molecule has 2 aliphatic heterocycles. The Hall–Kier alpha value is -1.75. The summed E-state index contributed by atoms with van der Waals surface area (Å²) in [6.07, 6.45) is 2.79. The minimum absolute atomic E-state index is 0.0464. The first-order valence-corrected chi connectivity index (χ1v) is 10.0. The molecule has 0 radical (unpaired) electrons. The van der Waals surface area contributed by atoms with Crippen LogP contribution in [0.3, 0.4) is 0 Å². The maximum atomic E-state index is 12.7. The highest BCUT2D eigenvalue weighted by molar-refractivity contribution is 7.89. The molecule has 2 heterocycles. The molecule has 26 heavy (non-hydrogen) atoms. The summed E-state index contributed by atoms with van der Waals surface area (Å²) < 4.78 is 42.9. The molecule has 0 amide bonds. The fraction of sp³-hybridized carbons (Fsp3) is 0.625. The van der Waals surface area contributed by atoms with E-state index in [1.807, 2.05) is 0 Å². The molecule has 1 aromatic carbocycles. The number of rotatable bonds is 6. The van der Waals surface area contributed by atoms with E-state index in [0.717, 1.165) is 25.3 Å². The van der Waals surface area contributed by atoms with Crippen LogP contribution in [0.2, 0.25) is 0 Å². The smallest absolute Gasteiger partial charge is 0.312 e. The Morgan fingerprint density at radius 3 is 2.65 bits per heavy atom. The third-order valence-corrected chi connectivity index (χ3v) is 6.33. The molecule has 2 saturated heterocycles. The van der Waals surface area contributed by atoms with Gasteiger partial charge >= 0.3 is 5.69 Å². The van der Waals surface area contributed by atoms with E-state index in [-0.39, 0.29) is 42.1 Å². The molecule has 2 fully saturated rings. The standard InChI is InChI=1S/C16H22N2O7S/c19-18(20)15-11-14(26(21,22)17-6-9-23-10-7-17)4-5-16(15)25-12-13-3-1-2-8-24-13/h4-5,11,13H,1-3,6-10,12H2/t13-/m0/s1. The van der Waals surface area contributed by atoms with Gasteiger partial charge in [0, 0.05) is 25.8 Å². The van der Waals surface area contributed by atoms with Crippen molar-refractivity contribution >= 4 is 15.7 Å². The zero-order valence-corrected chi connectivity index (χ0v) is 15.2. The summed E-state index contributed by atoms with van der Waals surface area (Å²) in [7, 11) is -3.80. The fourth-order valence-corrected chi connectivity index (χ4v) is 4.41. The molecule has 2 aliphatic rings. The van der Waals surface area contributed by atoms with Crippen LogP contribution in [0.25, 0.3) is 0 Å². The molecule has 0 unspecified atom stereocenters. The summed E-state index contributed by atoms with van der Waals surface area (Å²) >= 11 is 0. The summed E-state index contributed by atoms with van der Waals surface area (Å²) in [5, 5.41) is 11.4. The molecule has 1 aromatic rings. The molecule has 10 heteroatoms. The molecule has 0 bridgehead atoms. The molecule has 3 rings (SSSR count). The van der Waals surface area contributed by atoms with Crippen LogP contribution in [0, 0.1) is 10.1 Å². The lowest BCUT2D eigenvalue weighted by atomic mass is 10.1. The van der Waals surface area contributed by atoms with Crippen LogP contribution < -0.4 is 4.74 Å². The van der Waals surface area contributed by atoms with Gasteiger partial charge in [-0.1, -0.05) is 0 Å². The van der Waals surface area contributed by atoms with Gasteiger partial charge in [0.15, 0.2) is 5.75 Å². The molecular formula is C16H22N2O7S. The minimum Gasteiger partial charge on any atom is -0.484 e. The van der Waals surface area contributed by atoms with E-state index in [1.54, 1.807) is 0 Å². The Morgan fingerprint density at radius 2 is 2.00 bits per heavy atom. The highest BCUT2D eigenvalue weighted by Gasteiger charge is 2.29. The second-order valence-electron chi connectivity index (χ2n) is 6.20. The predicted octanol–water partition coefficient (Wildman–Crippen LogP) is 1.56. The summed E-state index contributed by atoms with van der Waals surface area (Å²) in [4.78, 5) is 10.6. The van der Waals surface area contributed by atoms with E-state index in [1.165, 1.54) is 16.4 Å². The van der Waals surface area contributed by atoms with Crippen molar-refractivity contribution in [3.05, 3.63) is 28.3 Å². The molecule has 0 saturated carbocycles. The van der Waals surface area contributed by atoms with Crippen molar-refractivity contribution in [3.63, 3.8) is 0 Å². The lowest BCUT2D eigenvalue weighted by Crippen LogP contribution is -2.40. The van der Waals surface area contributed by atoms with Crippen LogP contribution >= 0.6 is 0 Å². The van der Waals surface area contributed by atoms with E-state index in [4.69, 9.17) is 14.2 Å². The lowest BCUT2D eigenvalue weighted by molar-refractivity contribution is -0.386. The molecule has 0 aromatic heterocycles. The summed E-state index contributed by atoms with van der Waals surface area (Å²) in [5.74, 6) is 0.0464. The quantitative estimate of drug-likeness (QED) is 0.539. The Morgan fingerprint density at radius 1 is 1.23 bits per heavy atom. The van der Waals surface area contributed by atoms with Gasteiger partial charge in [0.25, 0.3) is 0 Å². The van der Waals surface area contributed by atoms with Gasteiger partial charge in [0.1, 0.15) is 6.61 Å². The van der Waals surface area contributed by atoms with Gasteiger partial charge in [0.2, 0.25) is 10.0 Å². The van der Waals surface area contributed by atoms with Crippen LogP contribution in [0.5, 0.6) is 5.75 Å². The topological polar surface area (TPSA) is 108 Å². The molecular weight excluding hydrogens is 364 g/mol. The van der Waals surface area contributed by atoms with Gasteiger partial charge in [0.05, 0.1) is 29.1 Å². The number of nitrogens with zero attached hydrogens (tertiary/aromatic N) is 2. The monoisotopic (exact) mass is 386 g/mol. The van der Waals surface area contributed by atoms with Gasteiger partial charge in [-0.25, -0.2) is 8.42 Å². The van der Waals surface area contributed by atoms with E-state index < -0.39 is 14.9 Å². The van der Waals surface area contributed by atoms with E-state index in [9.17, 15) is 18.5 Å². The van der Waals surface area contributed by atoms with Crippen LogP contribution in [0.15, 0.2) is 23.1 Å². The number of hydrogen-bond donors (Lipinski definition) is 0. The van der Waals surface area contributed by atoms with Crippen molar-refractivity contribution in [2.45, 2.75) is 30.3 Å². The van der Waals surface area contributed by atoms with E-state index >= 15 is 0 Å². The van der Waals surface area contributed by atoms with Gasteiger partial charge in [-0.3, -0.25) is 10.1 Å². The van der Waals surface area contributed by atoms with Crippen molar-refractivity contribution in [2.75, 3.05) is 39.5 Å². The number of ether oxygens (including phenoxy) is 3. The van der Waals surface area contributed by atoms with Crippen LogP contribution in [-0.2, 0) is 19.5 Å². The average molecular weight is 386 g/mol. The highest BCUT2D eigenvalue weighted by Crippen LogP contribution is 2.31. The first-order chi connectivity index (χ1) is 12.5. The zero-order valence-electron chi connectivity index (χ0n) is 14.3. The number of nitro benzene ring substituents is 1. The molecule has 0 N–H and O–H groups in total. The average Bonchev–Trinajstić information content (AvgIpc) is 2.67. The second kappa shape index (κ2) is 8.30. The Balaban J connectivity index is 1.78. The number of nitro groups is 1. The van der Waals surface area contributed by atoms with Crippen molar-refractivity contribution in [3.8, 4) is 5.75 Å². The molecule has 0 spiro atoms. The lowest BCUT2D eigenvalue weighted by Gasteiger charge is -2.26. The van der Waals surface area contributed by atoms with Gasteiger partial charge < -0.3 is 14.2 Å². The highest BCUT2D eigenvalue weighted by atomic mass is 32.2. The van der Waals surface area contributed by atoms with Crippen LogP contribution in [-0.4, -0.2) is 63.3 Å². The molecule has 9 nitrogen and oxygen atoms in total. The Bertz CT molecular complexity index is 741. The molecule has 144 valence electrons. The maximum Gasteiger partial charge on any atom is 0.312 e. The molecule has 0 aliphatic carbocycles. The summed E-state index contributed by atoms with van der Waals surface area (Å²) in [6.45, 7) is 1.94. The first kappa shape index (κ1) is 19.0. The van der Waals surface area contributed by atoms with E-state index in [0.29, 0.717) is 19.8 Å². The third kappa shape index (κ3) is 4.32. The summed E-state index contributed by atoms with van der Waals surface area (Å²) in [5.41, 5.74) is -0.366. The molecule has 1 atom stereocenters. The maximum absolute atomic E-state index is 12.7. The number of morpholine rings is 1.